The maximum atomic E-state index is 11.4. The summed E-state index contributed by atoms with van der Waals surface area (Å²) < 4.78 is 0. The van der Waals surface area contributed by atoms with Crippen LogP contribution in [0.3, 0.4) is 0 Å². The smallest absolute Gasteiger partial charge is 0.319 e. The standard InChI is InChI=1S/C8H14N2O3/c1-9-4-2-5-10(8(9)13)6-3-7(11)12/h2-6H2,1H3,(H,11,12). The number of rotatable bonds is 3. The molecule has 1 aliphatic heterocycles. The minimum Gasteiger partial charge on any atom is -0.481 e. The fraction of sp³-hybridized carbons (Fsp3) is 0.750. The van der Waals surface area contributed by atoms with Crippen LogP contribution in [-0.2, 0) is 4.79 Å². The zero-order chi connectivity index (χ0) is 9.84. The highest BCUT2D eigenvalue weighted by atomic mass is 16.4. The molecule has 0 saturated carbocycles. The number of carbonyl (C=O) groups is 2. The molecular weight excluding hydrogens is 172 g/mol. The predicted molar refractivity (Wildman–Crippen MR) is 46.5 cm³/mol. The van der Waals surface area contributed by atoms with E-state index in [2.05, 4.69) is 0 Å². The second-order valence-corrected chi connectivity index (χ2v) is 3.19. The first kappa shape index (κ1) is 9.83. The van der Waals surface area contributed by atoms with Crippen molar-refractivity contribution in [2.45, 2.75) is 12.8 Å². The number of carboxylic acid groups (broad SMARTS) is 1. The fourth-order valence-electron chi connectivity index (χ4n) is 1.37. The van der Waals surface area contributed by atoms with Gasteiger partial charge in [-0.15, -0.1) is 0 Å². The molecule has 1 rings (SSSR count). The summed E-state index contributed by atoms with van der Waals surface area (Å²) in [6.45, 7) is 1.76. The number of amides is 2. The van der Waals surface area contributed by atoms with Crippen molar-refractivity contribution < 1.29 is 14.7 Å². The van der Waals surface area contributed by atoms with Crippen molar-refractivity contribution in [1.82, 2.24) is 9.80 Å². The summed E-state index contributed by atoms with van der Waals surface area (Å²) in [6.07, 6.45) is 0.946. The minimum absolute atomic E-state index is 0.0274. The summed E-state index contributed by atoms with van der Waals surface area (Å²) in [5.41, 5.74) is 0. The van der Waals surface area contributed by atoms with Gasteiger partial charge in [-0.05, 0) is 6.42 Å². The van der Waals surface area contributed by atoms with Crippen molar-refractivity contribution in [3.05, 3.63) is 0 Å². The summed E-state index contributed by atoms with van der Waals surface area (Å²) in [6, 6.07) is -0.0625. The highest BCUT2D eigenvalue weighted by Crippen LogP contribution is 2.06. The van der Waals surface area contributed by atoms with E-state index in [-0.39, 0.29) is 12.5 Å². The monoisotopic (exact) mass is 186 g/mol. The van der Waals surface area contributed by atoms with Crippen molar-refractivity contribution in [3.63, 3.8) is 0 Å². The number of nitrogens with zero attached hydrogens (tertiary/aromatic N) is 2. The van der Waals surface area contributed by atoms with Crippen molar-refractivity contribution in [2.75, 3.05) is 26.7 Å². The van der Waals surface area contributed by atoms with Crippen LogP contribution in [0.5, 0.6) is 0 Å². The lowest BCUT2D eigenvalue weighted by Crippen LogP contribution is -2.47. The average molecular weight is 186 g/mol. The molecule has 0 unspecified atom stereocenters. The molecule has 5 nitrogen and oxygen atoms in total. The van der Waals surface area contributed by atoms with Crippen LogP contribution in [0.4, 0.5) is 4.79 Å². The number of aliphatic carboxylic acids is 1. The molecule has 2 amide bonds. The highest BCUT2D eigenvalue weighted by Gasteiger charge is 2.22. The quantitative estimate of drug-likeness (QED) is 0.685. The van der Waals surface area contributed by atoms with E-state index in [1.807, 2.05) is 0 Å². The van der Waals surface area contributed by atoms with Crippen molar-refractivity contribution in [1.29, 1.82) is 0 Å². The molecule has 5 heteroatoms. The summed E-state index contributed by atoms with van der Waals surface area (Å²) in [7, 11) is 1.73. The van der Waals surface area contributed by atoms with Crippen LogP contribution < -0.4 is 0 Å². The topological polar surface area (TPSA) is 60.9 Å². The third kappa shape index (κ3) is 2.61. The lowest BCUT2D eigenvalue weighted by molar-refractivity contribution is -0.137. The number of urea groups is 1. The van der Waals surface area contributed by atoms with E-state index in [4.69, 9.17) is 5.11 Å². The van der Waals surface area contributed by atoms with E-state index >= 15 is 0 Å². The molecule has 0 spiro atoms. The summed E-state index contributed by atoms with van der Waals surface area (Å²) >= 11 is 0. The fourth-order valence-corrected chi connectivity index (χ4v) is 1.37. The molecule has 1 fully saturated rings. The van der Waals surface area contributed by atoms with Gasteiger partial charge in [0.05, 0.1) is 6.42 Å². The van der Waals surface area contributed by atoms with Gasteiger partial charge in [-0.3, -0.25) is 4.79 Å². The molecule has 0 bridgehead atoms. The highest BCUT2D eigenvalue weighted by molar-refractivity contribution is 5.75. The van der Waals surface area contributed by atoms with Crippen LogP contribution >= 0.6 is 0 Å². The van der Waals surface area contributed by atoms with Crippen LogP contribution in [0.1, 0.15) is 12.8 Å². The Labute approximate surface area is 76.9 Å². The summed E-state index contributed by atoms with van der Waals surface area (Å²) in [4.78, 5) is 24.9. The second-order valence-electron chi connectivity index (χ2n) is 3.19. The lowest BCUT2D eigenvalue weighted by Gasteiger charge is -2.32. The molecule has 0 atom stereocenters. The first-order valence-electron chi connectivity index (χ1n) is 4.33. The van der Waals surface area contributed by atoms with Gasteiger partial charge in [0.1, 0.15) is 0 Å². The molecular formula is C8H14N2O3. The Morgan fingerprint density at radius 1 is 1.54 bits per heavy atom. The molecule has 74 valence electrons. The molecule has 0 aliphatic carbocycles. The second kappa shape index (κ2) is 4.11. The molecule has 0 aromatic heterocycles. The molecule has 0 aromatic carbocycles. The number of hydrogen-bond donors (Lipinski definition) is 1. The van der Waals surface area contributed by atoms with Crippen LogP contribution in [0, 0.1) is 0 Å². The van der Waals surface area contributed by atoms with Gasteiger partial charge in [0.15, 0.2) is 0 Å². The van der Waals surface area contributed by atoms with Crippen molar-refractivity contribution in [3.8, 4) is 0 Å². The first-order valence-corrected chi connectivity index (χ1v) is 4.33. The zero-order valence-corrected chi connectivity index (χ0v) is 7.69. The molecule has 13 heavy (non-hydrogen) atoms. The van der Waals surface area contributed by atoms with E-state index in [0.717, 1.165) is 13.0 Å². The summed E-state index contributed by atoms with van der Waals surface area (Å²) in [5.74, 6) is -0.860. The van der Waals surface area contributed by atoms with E-state index in [0.29, 0.717) is 13.1 Å². The Kier molecular flexibility index (Phi) is 3.11. The van der Waals surface area contributed by atoms with Crippen LogP contribution in [0.15, 0.2) is 0 Å². The maximum absolute atomic E-state index is 11.4. The molecule has 1 aliphatic rings. The third-order valence-corrected chi connectivity index (χ3v) is 2.11. The number of hydrogen-bond acceptors (Lipinski definition) is 2. The van der Waals surface area contributed by atoms with Gasteiger partial charge in [-0.2, -0.15) is 0 Å². The normalized spacial score (nSPS) is 17.8. The van der Waals surface area contributed by atoms with Gasteiger partial charge in [0.25, 0.3) is 0 Å². The minimum atomic E-state index is -0.860. The van der Waals surface area contributed by atoms with Crippen LogP contribution in [-0.4, -0.2) is 53.6 Å². The van der Waals surface area contributed by atoms with Gasteiger partial charge in [-0.25, -0.2) is 4.79 Å². The van der Waals surface area contributed by atoms with Crippen LogP contribution in [0.25, 0.3) is 0 Å². The Bertz CT molecular complexity index is 217. The molecule has 1 N–H and O–H groups in total. The van der Waals surface area contributed by atoms with Gasteiger partial charge in [0.2, 0.25) is 0 Å². The average Bonchev–Trinajstić information content (AvgIpc) is 2.07. The zero-order valence-electron chi connectivity index (χ0n) is 7.69. The van der Waals surface area contributed by atoms with E-state index < -0.39 is 5.97 Å². The third-order valence-electron chi connectivity index (χ3n) is 2.11. The van der Waals surface area contributed by atoms with Crippen molar-refractivity contribution >= 4 is 12.0 Å². The Hall–Kier alpha value is -1.26. The number of carboxylic acids is 1. The number of carbonyl (C=O) groups excluding carboxylic acids is 1. The predicted octanol–water partition coefficient (Wildman–Crippen LogP) is 0.219. The van der Waals surface area contributed by atoms with Gasteiger partial charge in [0, 0.05) is 26.7 Å². The first-order chi connectivity index (χ1) is 6.11. The largest absolute Gasteiger partial charge is 0.481 e. The van der Waals surface area contributed by atoms with Crippen LogP contribution in [0.2, 0.25) is 0 Å². The van der Waals surface area contributed by atoms with Gasteiger partial charge >= 0.3 is 12.0 Å². The Morgan fingerprint density at radius 3 is 2.85 bits per heavy atom. The van der Waals surface area contributed by atoms with E-state index in [1.54, 1.807) is 16.8 Å². The van der Waals surface area contributed by atoms with E-state index in [1.165, 1.54) is 0 Å². The van der Waals surface area contributed by atoms with Crippen molar-refractivity contribution in [2.24, 2.45) is 0 Å². The SMILES string of the molecule is CN1CCCN(CCC(=O)O)C1=O. The lowest BCUT2D eigenvalue weighted by atomic mass is 10.3. The van der Waals surface area contributed by atoms with E-state index in [9.17, 15) is 9.59 Å². The molecule has 0 radical (unpaired) electrons. The molecule has 1 heterocycles. The maximum Gasteiger partial charge on any atom is 0.319 e. The molecule has 1 saturated heterocycles. The Morgan fingerprint density at radius 2 is 2.23 bits per heavy atom. The van der Waals surface area contributed by atoms with Gasteiger partial charge < -0.3 is 14.9 Å². The molecule has 0 aromatic rings. The summed E-state index contributed by atoms with van der Waals surface area (Å²) in [5, 5.41) is 8.44. The van der Waals surface area contributed by atoms with Gasteiger partial charge in [-0.1, -0.05) is 0 Å². The Balaban J connectivity index is 2.40.